The lowest BCUT2D eigenvalue weighted by atomic mass is 10.1. The number of sulfonamides is 1. The summed E-state index contributed by atoms with van der Waals surface area (Å²) in [6, 6.07) is 5.07. The second-order valence-corrected chi connectivity index (χ2v) is 5.87. The van der Waals surface area contributed by atoms with Crippen molar-refractivity contribution in [3.8, 4) is 0 Å². The molecular formula is C12H19N3O3S. The van der Waals surface area contributed by atoms with Gasteiger partial charge in [0.2, 0.25) is 15.9 Å². The highest BCUT2D eigenvalue weighted by molar-refractivity contribution is 7.89. The van der Waals surface area contributed by atoms with Crippen molar-refractivity contribution >= 4 is 21.6 Å². The molecule has 5 N–H and O–H groups in total. The smallest absolute Gasteiger partial charge is 0.241 e. The average molecular weight is 285 g/mol. The number of carbonyl (C=O) groups excluding carboxylic acids is 1. The Morgan fingerprint density at radius 1 is 1.32 bits per heavy atom. The molecule has 0 aromatic heterocycles. The number of benzene rings is 1. The van der Waals surface area contributed by atoms with E-state index in [0.717, 1.165) is 12.8 Å². The standard InChI is InChI=1S/C12H19N3O3S/c1-2-3-4-11(13)12(16)15-9-5-7-10(8-6-9)19(14,17)18/h5-8,11H,2-4,13H2,1H3,(H,15,16)(H2,14,17,18)/t11-/m0/s1. The molecule has 1 aromatic rings. The minimum Gasteiger partial charge on any atom is -0.325 e. The van der Waals surface area contributed by atoms with Crippen molar-refractivity contribution in [3.05, 3.63) is 24.3 Å². The van der Waals surface area contributed by atoms with Crippen molar-refractivity contribution in [1.29, 1.82) is 0 Å². The van der Waals surface area contributed by atoms with Gasteiger partial charge in [0, 0.05) is 5.69 Å². The van der Waals surface area contributed by atoms with Gasteiger partial charge in [0.25, 0.3) is 0 Å². The van der Waals surface area contributed by atoms with E-state index in [1.54, 1.807) is 0 Å². The number of carbonyl (C=O) groups is 1. The van der Waals surface area contributed by atoms with Crippen LogP contribution in [-0.2, 0) is 14.8 Å². The summed E-state index contributed by atoms with van der Waals surface area (Å²) in [4.78, 5) is 11.7. The van der Waals surface area contributed by atoms with E-state index in [9.17, 15) is 13.2 Å². The van der Waals surface area contributed by atoms with Crippen molar-refractivity contribution < 1.29 is 13.2 Å². The van der Waals surface area contributed by atoms with Crippen molar-refractivity contribution in [2.24, 2.45) is 10.9 Å². The maximum absolute atomic E-state index is 11.7. The molecule has 0 saturated heterocycles. The third-order valence-electron chi connectivity index (χ3n) is 2.66. The number of nitrogens with one attached hydrogen (secondary N) is 1. The minimum atomic E-state index is -3.71. The molecule has 1 rings (SSSR count). The van der Waals surface area contributed by atoms with Crippen molar-refractivity contribution in [3.63, 3.8) is 0 Å². The first-order valence-electron chi connectivity index (χ1n) is 6.04. The Kier molecular flexibility index (Phi) is 5.46. The van der Waals surface area contributed by atoms with Crippen LogP contribution in [0.1, 0.15) is 26.2 Å². The molecule has 0 spiro atoms. The lowest BCUT2D eigenvalue weighted by Gasteiger charge is -2.11. The van der Waals surface area contributed by atoms with Crippen LogP contribution in [0.15, 0.2) is 29.2 Å². The van der Waals surface area contributed by atoms with Gasteiger partial charge in [0.15, 0.2) is 0 Å². The molecule has 1 atom stereocenters. The van der Waals surface area contributed by atoms with Crippen molar-refractivity contribution in [1.82, 2.24) is 0 Å². The van der Waals surface area contributed by atoms with Gasteiger partial charge < -0.3 is 11.1 Å². The predicted octanol–water partition coefficient (Wildman–Crippen LogP) is 0.790. The Labute approximate surface area is 113 Å². The van der Waals surface area contributed by atoms with Gasteiger partial charge in [-0.15, -0.1) is 0 Å². The summed E-state index contributed by atoms with van der Waals surface area (Å²) in [6.07, 6.45) is 2.49. The SMILES string of the molecule is CCCC[C@H](N)C(=O)Nc1ccc(S(N)(=O)=O)cc1. The monoisotopic (exact) mass is 285 g/mol. The molecule has 0 unspecified atom stereocenters. The van der Waals surface area contributed by atoms with Crippen molar-refractivity contribution in [2.75, 3.05) is 5.32 Å². The predicted molar refractivity (Wildman–Crippen MR) is 73.9 cm³/mol. The number of unbranched alkanes of at least 4 members (excludes halogenated alkanes) is 1. The fraction of sp³-hybridized carbons (Fsp3) is 0.417. The molecule has 106 valence electrons. The van der Waals surface area contributed by atoms with Crippen molar-refractivity contribution in [2.45, 2.75) is 37.1 Å². The fourth-order valence-electron chi connectivity index (χ4n) is 1.52. The Hall–Kier alpha value is -1.44. The quantitative estimate of drug-likeness (QED) is 0.716. The van der Waals surface area contributed by atoms with Crippen LogP contribution < -0.4 is 16.2 Å². The topological polar surface area (TPSA) is 115 Å². The van der Waals surface area contributed by atoms with Crippen LogP contribution in [0, 0.1) is 0 Å². The van der Waals surface area contributed by atoms with E-state index in [-0.39, 0.29) is 10.8 Å². The molecule has 0 radical (unpaired) electrons. The van der Waals surface area contributed by atoms with E-state index in [1.165, 1.54) is 24.3 Å². The van der Waals surface area contributed by atoms with Crippen LogP contribution in [0.4, 0.5) is 5.69 Å². The van der Waals surface area contributed by atoms with Gasteiger partial charge in [0.1, 0.15) is 0 Å². The number of rotatable bonds is 6. The second kappa shape index (κ2) is 6.65. The van der Waals surface area contributed by atoms with E-state index in [4.69, 9.17) is 10.9 Å². The number of amides is 1. The molecule has 19 heavy (non-hydrogen) atoms. The lowest BCUT2D eigenvalue weighted by molar-refractivity contribution is -0.117. The van der Waals surface area contributed by atoms with Crippen LogP contribution >= 0.6 is 0 Å². The van der Waals surface area contributed by atoms with Gasteiger partial charge in [-0.2, -0.15) is 0 Å². The zero-order valence-corrected chi connectivity index (χ0v) is 11.6. The molecule has 0 aliphatic carbocycles. The van der Waals surface area contributed by atoms with E-state index < -0.39 is 16.1 Å². The molecule has 6 nitrogen and oxygen atoms in total. The van der Waals surface area contributed by atoms with E-state index in [2.05, 4.69) is 5.32 Å². The Morgan fingerprint density at radius 2 is 1.89 bits per heavy atom. The summed E-state index contributed by atoms with van der Waals surface area (Å²) >= 11 is 0. The van der Waals surface area contributed by atoms with E-state index >= 15 is 0 Å². The first-order chi connectivity index (χ1) is 8.84. The molecule has 0 heterocycles. The zero-order valence-electron chi connectivity index (χ0n) is 10.8. The normalized spacial score (nSPS) is 13.0. The lowest BCUT2D eigenvalue weighted by Crippen LogP contribution is -2.35. The highest BCUT2D eigenvalue weighted by Gasteiger charge is 2.13. The van der Waals surface area contributed by atoms with Crippen LogP contribution in [0.25, 0.3) is 0 Å². The number of anilines is 1. The molecule has 0 aliphatic heterocycles. The summed E-state index contributed by atoms with van der Waals surface area (Å²) < 4.78 is 22.1. The molecule has 1 aromatic carbocycles. The van der Waals surface area contributed by atoms with Crippen LogP contribution in [-0.4, -0.2) is 20.4 Å². The average Bonchev–Trinajstić information content (AvgIpc) is 2.35. The number of hydrogen-bond acceptors (Lipinski definition) is 4. The molecule has 0 saturated carbocycles. The maximum Gasteiger partial charge on any atom is 0.241 e. The summed E-state index contributed by atoms with van der Waals surface area (Å²) in [5.41, 5.74) is 6.21. The Bertz CT molecular complexity index is 526. The van der Waals surface area contributed by atoms with E-state index in [1.807, 2.05) is 6.92 Å². The Balaban J connectivity index is 2.65. The number of primary sulfonamides is 1. The molecule has 0 aliphatic rings. The summed E-state index contributed by atoms with van der Waals surface area (Å²) in [7, 11) is -3.71. The summed E-state index contributed by atoms with van der Waals surface area (Å²) in [5.74, 6) is -0.281. The highest BCUT2D eigenvalue weighted by atomic mass is 32.2. The summed E-state index contributed by atoms with van der Waals surface area (Å²) in [5, 5.41) is 7.61. The van der Waals surface area contributed by atoms with Gasteiger partial charge in [-0.1, -0.05) is 19.8 Å². The largest absolute Gasteiger partial charge is 0.325 e. The molecule has 0 bridgehead atoms. The maximum atomic E-state index is 11.7. The van der Waals surface area contributed by atoms with Crippen LogP contribution in [0.2, 0.25) is 0 Å². The molecule has 7 heteroatoms. The number of hydrogen-bond donors (Lipinski definition) is 3. The third kappa shape index (κ3) is 4.98. The van der Waals surface area contributed by atoms with Crippen LogP contribution in [0.3, 0.4) is 0 Å². The molecular weight excluding hydrogens is 266 g/mol. The fourth-order valence-corrected chi connectivity index (χ4v) is 2.03. The Morgan fingerprint density at radius 3 is 2.37 bits per heavy atom. The second-order valence-electron chi connectivity index (χ2n) is 4.31. The van der Waals surface area contributed by atoms with Gasteiger partial charge in [-0.05, 0) is 30.7 Å². The molecule has 0 fully saturated rings. The summed E-state index contributed by atoms with van der Waals surface area (Å²) in [6.45, 7) is 2.02. The first kappa shape index (κ1) is 15.6. The third-order valence-corrected chi connectivity index (χ3v) is 3.59. The van der Waals surface area contributed by atoms with Crippen LogP contribution in [0.5, 0.6) is 0 Å². The van der Waals surface area contributed by atoms with E-state index in [0.29, 0.717) is 12.1 Å². The minimum absolute atomic E-state index is 0.000723. The molecule has 1 amide bonds. The van der Waals surface area contributed by atoms with Gasteiger partial charge >= 0.3 is 0 Å². The zero-order chi connectivity index (χ0) is 14.5. The highest BCUT2D eigenvalue weighted by Crippen LogP contribution is 2.13. The van der Waals surface area contributed by atoms with Gasteiger partial charge in [-0.25, -0.2) is 13.6 Å². The van der Waals surface area contributed by atoms with Gasteiger partial charge in [0.05, 0.1) is 10.9 Å². The first-order valence-corrected chi connectivity index (χ1v) is 7.58. The number of nitrogens with two attached hydrogens (primary N) is 2. The van der Waals surface area contributed by atoms with Gasteiger partial charge in [-0.3, -0.25) is 4.79 Å².